The van der Waals surface area contributed by atoms with E-state index < -0.39 is 24.1 Å². The molecular weight excluding hydrogens is 862 g/mol. The number of rotatable bonds is 9. The fraction of sp³-hybridized carbons (Fsp3) is 0.780. The van der Waals surface area contributed by atoms with E-state index in [-0.39, 0.29) is 59.8 Å². The van der Waals surface area contributed by atoms with Crippen LogP contribution in [0.5, 0.6) is 0 Å². The summed E-state index contributed by atoms with van der Waals surface area (Å²) in [5, 5.41) is 11.3. The molecule has 9 atom stereocenters. The Morgan fingerprint density at radius 3 is 2.34 bits per heavy atom. The van der Waals surface area contributed by atoms with Gasteiger partial charge in [-0.15, -0.1) is 0 Å². The van der Waals surface area contributed by atoms with Gasteiger partial charge in [0, 0.05) is 102 Å². The van der Waals surface area contributed by atoms with Crippen LogP contribution in [0.15, 0.2) is 18.3 Å². The SMILES string of the molecule is CC1CCC(C(=O)NC2CCC(CN3CCN(C(=O)C4CCN(CC5CCN(c6ccc(C7CCC(=O)NC7=O)cn6)CC5)CC4)CC3)C(C(F)(F)F)C2)CC1C#CC1CNC2CCCNN12. The molecule has 14 nitrogen and oxygen atoms in total. The quantitative estimate of drug-likeness (QED) is 0.210. The van der Waals surface area contributed by atoms with Gasteiger partial charge in [0.15, 0.2) is 0 Å². The molecule has 0 radical (unpaired) electrons. The summed E-state index contributed by atoms with van der Waals surface area (Å²) in [4.78, 5) is 64.7. The van der Waals surface area contributed by atoms with Crippen molar-refractivity contribution >= 4 is 29.4 Å². The Morgan fingerprint density at radius 1 is 0.836 bits per heavy atom. The van der Waals surface area contributed by atoms with Crippen molar-refractivity contribution in [2.24, 2.45) is 41.4 Å². The number of anilines is 1. The molecule has 17 heteroatoms. The lowest BCUT2D eigenvalue weighted by atomic mass is 9.73. The number of aromatic nitrogens is 1. The number of piperidine rings is 3. The number of nitrogens with zero attached hydrogens (tertiary/aromatic N) is 6. The van der Waals surface area contributed by atoms with E-state index in [0.717, 1.165) is 109 Å². The highest BCUT2D eigenvalue weighted by molar-refractivity contribution is 6.00. The molecule has 0 spiro atoms. The molecule has 67 heavy (non-hydrogen) atoms. The Labute approximate surface area is 394 Å². The number of likely N-dealkylation sites (tertiary alicyclic amines) is 1. The Morgan fingerprint density at radius 2 is 1.61 bits per heavy atom. The minimum absolute atomic E-state index is 0.00983. The summed E-state index contributed by atoms with van der Waals surface area (Å²) in [5.74, 6) is 6.00. The van der Waals surface area contributed by atoms with Gasteiger partial charge in [0.2, 0.25) is 23.6 Å². The van der Waals surface area contributed by atoms with Crippen LogP contribution in [-0.2, 0) is 19.2 Å². The van der Waals surface area contributed by atoms with Gasteiger partial charge in [0.25, 0.3) is 0 Å². The smallest absolute Gasteiger partial charge is 0.357 e. The van der Waals surface area contributed by atoms with Gasteiger partial charge < -0.3 is 20.0 Å². The summed E-state index contributed by atoms with van der Waals surface area (Å²) in [6.45, 7) is 11.2. The summed E-state index contributed by atoms with van der Waals surface area (Å²) in [6.07, 6.45) is 7.80. The largest absolute Gasteiger partial charge is 0.392 e. The lowest BCUT2D eigenvalue weighted by Crippen LogP contribution is -2.54. The van der Waals surface area contributed by atoms with Crippen LogP contribution >= 0.6 is 0 Å². The molecule has 8 aliphatic rings. The Kier molecular flexibility index (Phi) is 15.4. The van der Waals surface area contributed by atoms with E-state index in [0.29, 0.717) is 82.8 Å². The molecule has 1 aromatic heterocycles. The summed E-state index contributed by atoms with van der Waals surface area (Å²) >= 11 is 0. The zero-order chi connectivity index (χ0) is 46.7. The van der Waals surface area contributed by atoms with Crippen LogP contribution < -0.4 is 26.3 Å². The van der Waals surface area contributed by atoms with Crippen LogP contribution in [-0.4, -0.2) is 151 Å². The van der Waals surface area contributed by atoms with Crippen molar-refractivity contribution < 1.29 is 32.3 Å². The molecule has 4 N–H and O–H groups in total. The normalized spacial score (nSPS) is 33.4. The minimum Gasteiger partial charge on any atom is -0.357 e. The van der Waals surface area contributed by atoms with E-state index in [1.165, 1.54) is 0 Å². The highest BCUT2D eigenvalue weighted by Gasteiger charge is 2.49. The van der Waals surface area contributed by atoms with Gasteiger partial charge in [-0.25, -0.2) is 9.99 Å². The van der Waals surface area contributed by atoms with Crippen molar-refractivity contribution in [1.29, 1.82) is 0 Å². The number of amides is 4. The van der Waals surface area contributed by atoms with Crippen molar-refractivity contribution in [1.82, 2.24) is 46.1 Å². The third-order valence-corrected chi connectivity index (χ3v) is 16.9. The van der Waals surface area contributed by atoms with E-state index in [2.05, 4.69) is 64.8 Å². The van der Waals surface area contributed by atoms with Crippen molar-refractivity contribution in [3.63, 3.8) is 0 Å². The maximum Gasteiger partial charge on any atom is 0.392 e. The molecule has 6 saturated heterocycles. The van der Waals surface area contributed by atoms with E-state index in [9.17, 15) is 32.3 Å². The molecule has 7 heterocycles. The molecule has 6 aliphatic heterocycles. The minimum atomic E-state index is -4.34. The first-order valence-electron chi connectivity index (χ1n) is 25.8. The predicted molar refractivity (Wildman–Crippen MR) is 248 cm³/mol. The molecule has 0 bridgehead atoms. The van der Waals surface area contributed by atoms with E-state index in [1.807, 2.05) is 17.0 Å². The summed E-state index contributed by atoms with van der Waals surface area (Å²) < 4.78 is 44.0. The number of pyridine rings is 1. The maximum atomic E-state index is 14.7. The number of nitrogens with one attached hydrogen (secondary N) is 4. The van der Waals surface area contributed by atoms with Gasteiger partial charge >= 0.3 is 6.18 Å². The first-order valence-corrected chi connectivity index (χ1v) is 25.8. The summed E-state index contributed by atoms with van der Waals surface area (Å²) in [7, 11) is 0. The van der Waals surface area contributed by atoms with Crippen molar-refractivity contribution in [3.05, 3.63) is 23.9 Å². The predicted octanol–water partition coefficient (Wildman–Crippen LogP) is 4.09. The zero-order valence-electron chi connectivity index (χ0n) is 39.4. The monoisotopic (exact) mass is 935 g/mol. The van der Waals surface area contributed by atoms with Crippen LogP contribution in [0.3, 0.4) is 0 Å². The number of alkyl halides is 3. The highest BCUT2D eigenvalue weighted by Crippen LogP contribution is 2.43. The number of carbonyl (C=O) groups is 4. The van der Waals surface area contributed by atoms with Gasteiger partial charge in [0.05, 0.1) is 24.0 Å². The number of hydrazine groups is 1. The first kappa shape index (κ1) is 48.2. The van der Waals surface area contributed by atoms with E-state index in [4.69, 9.17) is 0 Å². The van der Waals surface area contributed by atoms with Crippen molar-refractivity contribution in [2.45, 2.75) is 127 Å². The second-order valence-electron chi connectivity index (χ2n) is 21.3. The molecular formula is C50H73F3N10O4. The standard InChI is InChI=1S/C50H73F3N10O4/c1-33-4-5-37(27-36(33)7-10-41-30-55-45-3-2-18-56-63(41)45)47(65)57-40-9-6-39(43(28-40)50(51,52)53)32-60-23-25-62(26-24-60)49(67)35-16-19-59(20-17-35)31-34-14-21-61(22-15-34)44-12-8-38(29-54-44)42-11-13-46(64)58-48(42)66/h8,12,29,33-37,39-43,45,55-56H,2-6,9,11,13-28,30-32H2,1H3,(H,57,65)(H,58,64,66). The molecule has 1 aromatic rings. The number of hydrogen-bond donors (Lipinski definition) is 4. The second kappa shape index (κ2) is 21.4. The zero-order valence-corrected chi connectivity index (χ0v) is 39.4. The van der Waals surface area contributed by atoms with Crippen LogP contribution in [0.4, 0.5) is 19.0 Å². The molecule has 368 valence electrons. The Balaban J connectivity index is 0.670. The van der Waals surface area contributed by atoms with Gasteiger partial charge in [-0.1, -0.05) is 24.8 Å². The molecule has 2 aliphatic carbocycles. The molecule has 9 unspecified atom stereocenters. The fourth-order valence-electron chi connectivity index (χ4n) is 12.6. The number of fused-ring (bicyclic) bond motifs is 1. The molecule has 4 amide bonds. The summed E-state index contributed by atoms with van der Waals surface area (Å²) in [6, 6.07) is 3.56. The molecule has 8 fully saturated rings. The average molecular weight is 935 g/mol. The maximum absolute atomic E-state index is 14.7. The van der Waals surface area contributed by atoms with Crippen molar-refractivity contribution in [3.8, 4) is 11.8 Å². The van der Waals surface area contributed by atoms with Crippen LogP contribution in [0.25, 0.3) is 0 Å². The number of carbonyl (C=O) groups excluding carboxylic acids is 4. The fourth-order valence-corrected chi connectivity index (χ4v) is 12.6. The van der Waals surface area contributed by atoms with Gasteiger partial charge in [-0.05, 0) is 126 Å². The Bertz CT molecular complexity index is 1960. The number of imide groups is 1. The molecule has 0 aromatic carbocycles. The van der Waals surface area contributed by atoms with Gasteiger partial charge in [-0.3, -0.25) is 40.1 Å². The number of halogens is 3. The van der Waals surface area contributed by atoms with E-state index in [1.54, 1.807) is 6.20 Å². The van der Waals surface area contributed by atoms with Crippen LogP contribution in [0, 0.1) is 53.3 Å². The van der Waals surface area contributed by atoms with Gasteiger partial charge in [0.1, 0.15) is 5.82 Å². The second-order valence-corrected chi connectivity index (χ2v) is 21.3. The highest BCUT2D eigenvalue weighted by atomic mass is 19.4. The van der Waals surface area contributed by atoms with E-state index >= 15 is 0 Å². The third kappa shape index (κ3) is 11.8. The number of hydrogen-bond acceptors (Lipinski definition) is 11. The third-order valence-electron chi connectivity index (χ3n) is 16.9. The van der Waals surface area contributed by atoms with Gasteiger partial charge in [-0.2, -0.15) is 13.2 Å². The van der Waals surface area contributed by atoms with Crippen LogP contribution in [0.1, 0.15) is 108 Å². The summed E-state index contributed by atoms with van der Waals surface area (Å²) in [5.41, 5.74) is 4.32. The topological polar surface area (TPSA) is 145 Å². The lowest BCUT2D eigenvalue weighted by molar-refractivity contribution is -0.200. The first-order chi connectivity index (χ1) is 32.3. The van der Waals surface area contributed by atoms with Crippen LogP contribution in [0.2, 0.25) is 0 Å². The Hall–Kier alpha value is -3.82. The molecule has 2 saturated carbocycles. The number of piperazine rings is 1. The average Bonchev–Trinajstić information content (AvgIpc) is 3.75. The van der Waals surface area contributed by atoms with Crippen molar-refractivity contribution in [2.75, 3.05) is 83.4 Å². The lowest BCUT2D eigenvalue weighted by Gasteiger charge is -2.43. The molecule has 9 rings (SSSR count).